The number of carboxylic acid groups (broad SMARTS) is 1. The van der Waals surface area contributed by atoms with Crippen LogP contribution < -0.4 is 0 Å². The van der Waals surface area contributed by atoms with Gasteiger partial charge >= 0.3 is 5.97 Å². The predicted octanol–water partition coefficient (Wildman–Crippen LogP) is 2.09. The summed E-state index contributed by atoms with van der Waals surface area (Å²) in [7, 11) is 0. The molecule has 0 unspecified atom stereocenters. The second-order valence-corrected chi connectivity index (χ2v) is 5.47. The molecule has 1 aliphatic rings. The van der Waals surface area contributed by atoms with Crippen molar-refractivity contribution in [2.45, 2.75) is 39.5 Å². The highest BCUT2D eigenvalue weighted by molar-refractivity contribution is 5.92. The number of hydrogen-bond acceptors (Lipinski definition) is 4. The number of aryl methyl sites for hydroxylation is 1. The maximum absolute atomic E-state index is 12.3. The van der Waals surface area contributed by atoms with Crippen LogP contribution in [-0.4, -0.2) is 40.1 Å². The number of carboxylic acids is 1. The van der Waals surface area contributed by atoms with E-state index in [1.54, 1.807) is 11.8 Å². The van der Waals surface area contributed by atoms with Crippen LogP contribution in [-0.2, 0) is 4.79 Å². The molecule has 0 bridgehead atoms. The molecule has 0 aromatic carbocycles. The van der Waals surface area contributed by atoms with Crippen molar-refractivity contribution >= 4 is 11.9 Å². The van der Waals surface area contributed by atoms with Crippen LogP contribution in [0, 0.1) is 12.3 Å². The molecule has 2 heterocycles. The van der Waals surface area contributed by atoms with Crippen LogP contribution in [0.2, 0.25) is 0 Å². The molecule has 1 aromatic heterocycles. The van der Waals surface area contributed by atoms with Gasteiger partial charge in [0, 0.05) is 18.7 Å². The van der Waals surface area contributed by atoms with E-state index in [-0.39, 0.29) is 11.7 Å². The summed E-state index contributed by atoms with van der Waals surface area (Å²) in [5.41, 5.74) is 0.0285. The van der Waals surface area contributed by atoms with Crippen LogP contribution in [0.3, 0.4) is 0 Å². The van der Waals surface area contributed by atoms with Gasteiger partial charge in [-0.05, 0) is 26.2 Å². The topological polar surface area (TPSA) is 83.6 Å². The summed E-state index contributed by atoms with van der Waals surface area (Å²) in [6.07, 6.45) is 3.99. The molecule has 1 saturated heterocycles. The molecule has 1 aromatic rings. The molecule has 1 aliphatic heterocycles. The molecule has 0 radical (unpaired) electrons. The lowest BCUT2D eigenvalue weighted by Crippen LogP contribution is -2.46. The van der Waals surface area contributed by atoms with Gasteiger partial charge in [0.15, 0.2) is 0 Å². The summed E-state index contributed by atoms with van der Waals surface area (Å²) in [5.74, 6) is -0.693. The Hall–Kier alpha value is -1.85. The summed E-state index contributed by atoms with van der Waals surface area (Å²) in [5, 5.41) is 13.0. The first-order chi connectivity index (χ1) is 9.50. The highest BCUT2D eigenvalue weighted by Crippen LogP contribution is 2.36. The average molecular weight is 280 g/mol. The van der Waals surface area contributed by atoms with Crippen LogP contribution >= 0.6 is 0 Å². The van der Waals surface area contributed by atoms with E-state index in [4.69, 9.17) is 4.52 Å². The van der Waals surface area contributed by atoms with Gasteiger partial charge < -0.3 is 14.5 Å². The zero-order valence-electron chi connectivity index (χ0n) is 11.9. The molecule has 6 nitrogen and oxygen atoms in total. The second kappa shape index (κ2) is 5.64. The van der Waals surface area contributed by atoms with E-state index in [0.717, 1.165) is 6.42 Å². The number of hydrogen-bond donors (Lipinski definition) is 1. The fourth-order valence-corrected chi connectivity index (χ4v) is 2.83. The molecule has 1 fully saturated rings. The van der Waals surface area contributed by atoms with Gasteiger partial charge in [-0.25, -0.2) is 0 Å². The molecule has 0 saturated carbocycles. The van der Waals surface area contributed by atoms with Gasteiger partial charge in [-0.15, -0.1) is 0 Å². The van der Waals surface area contributed by atoms with Crippen LogP contribution in [0.1, 0.15) is 48.7 Å². The quantitative estimate of drug-likeness (QED) is 0.913. The van der Waals surface area contributed by atoms with E-state index in [9.17, 15) is 14.7 Å². The smallest absolute Gasteiger partial charge is 0.309 e. The van der Waals surface area contributed by atoms with Crippen molar-refractivity contribution in [3.8, 4) is 0 Å². The van der Waals surface area contributed by atoms with Crippen molar-refractivity contribution in [1.82, 2.24) is 10.1 Å². The minimum Gasteiger partial charge on any atom is -0.481 e. The zero-order valence-corrected chi connectivity index (χ0v) is 11.9. The van der Waals surface area contributed by atoms with Crippen molar-refractivity contribution in [1.29, 1.82) is 0 Å². The van der Waals surface area contributed by atoms with Gasteiger partial charge in [-0.1, -0.05) is 18.5 Å². The van der Waals surface area contributed by atoms with Gasteiger partial charge in [0.05, 0.1) is 11.6 Å². The minimum atomic E-state index is -0.748. The van der Waals surface area contributed by atoms with Crippen molar-refractivity contribution < 1.29 is 19.2 Å². The molecule has 110 valence electrons. The number of aliphatic carboxylic acids is 1. The van der Waals surface area contributed by atoms with E-state index in [2.05, 4.69) is 5.16 Å². The Balaban J connectivity index is 2.05. The lowest BCUT2D eigenvalue weighted by atomic mass is 9.75. The van der Waals surface area contributed by atoms with Crippen LogP contribution in [0.4, 0.5) is 0 Å². The fourth-order valence-electron chi connectivity index (χ4n) is 2.83. The summed E-state index contributed by atoms with van der Waals surface area (Å²) >= 11 is 0. The number of likely N-dealkylation sites (tertiary alicyclic amines) is 1. The number of aromatic nitrogens is 1. The van der Waals surface area contributed by atoms with Crippen LogP contribution in [0.15, 0.2) is 10.7 Å². The first-order valence-corrected chi connectivity index (χ1v) is 6.94. The lowest BCUT2D eigenvalue weighted by molar-refractivity contribution is -0.152. The van der Waals surface area contributed by atoms with Crippen LogP contribution in [0.25, 0.3) is 0 Å². The predicted molar refractivity (Wildman–Crippen MR) is 71.4 cm³/mol. The highest BCUT2D eigenvalue weighted by atomic mass is 16.5. The van der Waals surface area contributed by atoms with Gasteiger partial charge in [-0.3, -0.25) is 9.59 Å². The minimum absolute atomic E-state index is 0.199. The van der Waals surface area contributed by atoms with Crippen molar-refractivity contribution in [3.63, 3.8) is 0 Å². The van der Waals surface area contributed by atoms with E-state index in [1.807, 2.05) is 6.92 Å². The molecule has 0 spiro atoms. The Labute approximate surface area is 117 Å². The Kier molecular flexibility index (Phi) is 4.11. The number of amides is 1. The molecule has 2 rings (SSSR count). The van der Waals surface area contributed by atoms with E-state index in [1.165, 1.54) is 6.20 Å². The Morgan fingerprint density at radius 2 is 2.10 bits per heavy atom. The van der Waals surface area contributed by atoms with Crippen LogP contribution in [0.5, 0.6) is 0 Å². The van der Waals surface area contributed by atoms with E-state index >= 15 is 0 Å². The number of rotatable bonds is 4. The number of carbonyl (C=O) groups is 2. The third kappa shape index (κ3) is 2.55. The first kappa shape index (κ1) is 14.6. The van der Waals surface area contributed by atoms with Crippen molar-refractivity contribution in [3.05, 3.63) is 17.5 Å². The highest BCUT2D eigenvalue weighted by Gasteiger charge is 2.42. The van der Waals surface area contributed by atoms with E-state index < -0.39 is 11.4 Å². The largest absolute Gasteiger partial charge is 0.481 e. The Morgan fingerprint density at radius 1 is 1.45 bits per heavy atom. The van der Waals surface area contributed by atoms with Crippen molar-refractivity contribution in [2.75, 3.05) is 13.1 Å². The standard InChI is InChI=1S/C14H20N2O4/c1-3-4-14(13(18)19)5-7-16(8-6-14)12(17)11-10(2)9-15-20-11/h9H,3-8H2,1-2H3,(H,18,19). The third-order valence-corrected chi connectivity index (χ3v) is 4.13. The molecular weight excluding hydrogens is 260 g/mol. The molecule has 0 aliphatic carbocycles. The molecule has 0 atom stereocenters. The summed E-state index contributed by atoms with van der Waals surface area (Å²) in [4.78, 5) is 25.4. The fraction of sp³-hybridized carbons (Fsp3) is 0.643. The Bertz CT molecular complexity index is 501. The molecular formula is C14H20N2O4. The van der Waals surface area contributed by atoms with Gasteiger partial charge in [0.25, 0.3) is 5.91 Å². The normalized spacial score (nSPS) is 18.0. The summed E-state index contributed by atoms with van der Waals surface area (Å²) in [6, 6.07) is 0. The number of carbonyl (C=O) groups excluding carboxylic acids is 1. The van der Waals surface area contributed by atoms with Gasteiger partial charge in [-0.2, -0.15) is 0 Å². The monoisotopic (exact) mass is 280 g/mol. The average Bonchev–Trinajstić information content (AvgIpc) is 2.85. The molecule has 1 N–H and O–H groups in total. The maximum atomic E-state index is 12.3. The van der Waals surface area contributed by atoms with Gasteiger partial charge in [0.1, 0.15) is 0 Å². The lowest BCUT2D eigenvalue weighted by Gasteiger charge is -2.38. The van der Waals surface area contributed by atoms with Gasteiger partial charge in [0.2, 0.25) is 5.76 Å². The third-order valence-electron chi connectivity index (χ3n) is 4.13. The summed E-state index contributed by atoms with van der Waals surface area (Å²) in [6.45, 7) is 4.66. The Morgan fingerprint density at radius 3 is 2.55 bits per heavy atom. The SMILES string of the molecule is CCCC1(C(=O)O)CCN(C(=O)c2oncc2C)CC1. The van der Waals surface area contributed by atoms with E-state index in [0.29, 0.717) is 37.9 Å². The molecule has 1 amide bonds. The summed E-state index contributed by atoms with van der Waals surface area (Å²) < 4.78 is 4.97. The number of nitrogens with zero attached hydrogens (tertiary/aromatic N) is 2. The molecule has 6 heteroatoms. The zero-order chi connectivity index (χ0) is 14.8. The molecule has 20 heavy (non-hydrogen) atoms. The second-order valence-electron chi connectivity index (χ2n) is 5.47. The first-order valence-electron chi connectivity index (χ1n) is 6.94. The maximum Gasteiger partial charge on any atom is 0.309 e. The number of piperidine rings is 1. The van der Waals surface area contributed by atoms with Crippen molar-refractivity contribution in [2.24, 2.45) is 5.41 Å².